The number of aromatic nitrogens is 2. The second-order valence-electron chi connectivity index (χ2n) is 3.76. The van der Waals surface area contributed by atoms with Crippen molar-refractivity contribution in [3.63, 3.8) is 0 Å². The minimum atomic E-state index is 0.454. The summed E-state index contributed by atoms with van der Waals surface area (Å²) in [7, 11) is 1.63. The largest absolute Gasteiger partial charge is 0.378 e. The average molecular weight is 228 g/mol. The third-order valence-electron chi connectivity index (χ3n) is 2.29. The first-order valence-corrected chi connectivity index (χ1v) is 5.42. The lowest BCUT2D eigenvalue weighted by atomic mass is 10.4. The maximum absolute atomic E-state index is 5.87. The molecule has 1 saturated carbocycles. The van der Waals surface area contributed by atoms with Gasteiger partial charge in [0, 0.05) is 13.7 Å². The van der Waals surface area contributed by atoms with Gasteiger partial charge < -0.3 is 10.1 Å². The van der Waals surface area contributed by atoms with Gasteiger partial charge in [0.15, 0.2) is 0 Å². The van der Waals surface area contributed by atoms with Gasteiger partial charge in [-0.25, -0.2) is 9.97 Å². The summed E-state index contributed by atoms with van der Waals surface area (Å²) < 4.78 is 5.00. The predicted octanol–water partition coefficient (Wildman–Crippen LogP) is 2.10. The fourth-order valence-corrected chi connectivity index (χ4v) is 1.53. The van der Waals surface area contributed by atoms with Crippen molar-refractivity contribution in [3.8, 4) is 0 Å². The van der Waals surface area contributed by atoms with Gasteiger partial charge in [-0.1, -0.05) is 11.6 Å². The standard InChI is InChI=1S/C10H14ClN3O/c1-15-6-8-4-9(11)14-10(13-8)12-5-7-2-3-7/h4,7H,2-3,5-6H2,1H3,(H,12,13,14). The first-order valence-electron chi connectivity index (χ1n) is 5.04. The molecule has 15 heavy (non-hydrogen) atoms. The average Bonchev–Trinajstić information content (AvgIpc) is 2.98. The summed E-state index contributed by atoms with van der Waals surface area (Å²) in [4.78, 5) is 8.39. The van der Waals surface area contributed by atoms with Gasteiger partial charge >= 0.3 is 0 Å². The molecule has 1 N–H and O–H groups in total. The van der Waals surface area contributed by atoms with E-state index in [0.29, 0.717) is 17.7 Å². The van der Waals surface area contributed by atoms with Crippen molar-refractivity contribution in [3.05, 3.63) is 16.9 Å². The monoisotopic (exact) mass is 227 g/mol. The van der Waals surface area contributed by atoms with Crippen LogP contribution in [0.5, 0.6) is 0 Å². The van der Waals surface area contributed by atoms with E-state index in [1.165, 1.54) is 12.8 Å². The first-order chi connectivity index (χ1) is 7.28. The second-order valence-corrected chi connectivity index (χ2v) is 4.15. The number of nitrogens with one attached hydrogen (secondary N) is 1. The van der Waals surface area contributed by atoms with E-state index in [-0.39, 0.29) is 0 Å². The Morgan fingerprint density at radius 3 is 3.00 bits per heavy atom. The molecule has 1 aliphatic carbocycles. The third kappa shape index (κ3) is 3.32. The molecular weight excluding hydrogens is 214 g/mol. The highest BCUT2D eigenvalue weighted by atomic mass is 35.5. The normalized spacial score (nSPS) is 15.3. The molecule has 82 valence electrons. The van der Waals surface area contributed by atoms with Crippen LogP contribution in [0.25, 0.3) is 0 Å². The highest BCUT2D eigenvalue weighted by Gasteiger charge is 2.21. The molecule has 1 aliphatic rings. The highest BCUT2D eigenvalue weighted by Crippen LogP contribution is 2.28. The van der Waals surface area contributed by atoms with Crippen LogP contribution in [0.2, 0.25) is 5.15 Å². The van der Waals surface area contributed by atoms with Gasteiger partial charge in [0.2, 0.25) is 5.95 Å². The molecule has 0 amide bonds. The molecule has 4 nitrogen and oxygen atoms in total. The van der Waals surface area contributed by atoms with Crippen molar-refractivity contribution >= 4 is 17.5 Å². The van der Waals surface area contributed by atoms with Crippen LogP contribution < -0.4 is 5.32 Å². The van der Waals surface area contributed by atoms with Crippen LogP contribution in [0.15, 0.2) is 6.07 Å². The first kappa shape index (κ1) is 10.6. The molecule has 0 spiro atoms. The van der Waals surface area contributed by atoms with Gasteiger partial charge in [-0.2, -0.15) is 0 Å². The Balaban J connectivity index is 2.00. The van der Waals surface area contributed by atoms with Gasteiger partial charge in [0.05, 0.1) is 12.3 Å². The van der Waals surface area contributed by atoms with Crippen LogP contribution in [0.1, 0.15) is 18.5 Å². The molecule has 1 aromatic heterocycles. The Morgan fingerprint density at radius 1 is 1.53 bits per heavy atom. The maximum Gasteiger partial charge on any atom is 0.224 e. The van der Waals surface area contributed by atoms with E-state index in [1.807, 2.05) is 0 Å². The van der Waals surface area contributed by atoms with E-state index in [9.17, 15) is 0 Å². The van der Waals surface area contributed by atoms with E-state index >= 15 is 0 Å². The van der Waals surface area contributed by atoms with Crippen molar-refractivity contribution in [2.24, 2.45) is 5.92 Å². The fourth-order valence-electron chi connectivity index (χ4n) is 1.32. The summed E-state index contributed by atoms with van der Waals surface area (Å²) in [6.07, 6.45) is 2.61. The number of methoxy groups -OCH3 is 1. The Morgan fingerprint density at radius 2 is 2.33 bits per heavy atom. The second kappa shape index (κ2) is 4.77. The van der Waals surface area contributed by atoms with Gasteiger partial charge in [0.25, 0.3) is 0 Å². The molecule has 5 heteroatoms. The molecule has 1 heterocycles. The zero-order chi connectivity index (χ0) is 10.7. The number of ether oxygens (including phenoxy) is 1. The number of halogens is 1. The Hall–Kier alpha value is -0.870. The van der Waals surface area contributed by atoms with Crippen molar-refractivity contribution in [2.45, 2.75) is 19.4 Å². The molecule has 0 atom stereocenters. The molecular formula is C10H14ClN3O. The van der Waals surface area contributed by atoms with Crippen molar-refractivity contribution in [1.29, 1.82) is 0 Å². The zero-order valence-corrected chi connectivity index (χ0v) is 9.42. The van der Waals surface area contributed by atoms with Crippen LogP contribution in [0.3, 0.4) is 0 Å². The van der Waals surface area contributed by atoms with E-state index in [0.717, 1.165) is 18.2 Å². The SMILES string of the molecule is COCc1cc(Cl)nc(NCC2CC2)n1. The lowest BCUT2D eigenvalue weighted by Crippen LogP contribution is -2.08. The Bertz CT molecular complexity index is 341. The lowest BCUT2D eigenvalue weighted by Gasteiger charge is -2.06. The minimum Gasteiger partial charge on any atom is -0.378 e. The molecule has 1 fully saturated rings. The zero-order valence-electron chi connectivity index (χ0n) is 8.66. The lowest BCUT2D eigenvalue weighted by molar-refractivity contribution is 0.181. The molecule has 0 aliphatic heterocycles. The summed E-state index contributed by atoms with van der Waals surface area (Å²) in [6, 6.07) is 1.72. The van der Waals surface area contributed by atoms with Crippen molar-refractivity contribution < 1.29 is 4.74 Å². The smallest absolute Gasteiger partial charge is 0.224 e. The van der Waals surface area contributed by atoms with E-state index < -0.39 is 0 Å². The van der Waals surface area contributed by atoms with Crippen LogP contribution in [-0.2, 0) is 11.3 Å². The topological polar surface area (TPSA) is 47.0 Å². The van der Waals surface area contributed by atoms with Gasteiger partial charge in [-0.3, -0.25) is 0 Å². The van der Waals surface area contributed by atoms with Crippen LogP contribution in [-0.4, -0.2) is 23.6 Å². The summed E-state index contributed by atoms with van der Waals surface area (Å²) in [6.45, 7) is 1.40. The summed E-state index contributed by atoms with van der Waals surface area (Å²) in [5.41, 5.74) is 0.802. The molecule has 2 rings (SSSR count). The third-order valence-corrected chi connectivity index (χ3v) is 2.48. The summed E-state index contributed by atoms with van der Waals surface area (Å²) in [5, 5.41) is 3.64. The van der Waals surface area contributed by atoms with Gasteiger partial charge in [-0.05, 0) is 24.8 Å². The number of hydrogen-bond donors (Lipinski definition) is 1. The van der Waals surface area contributed by atoms with Crippen LogP contribution >= 0.6 is 11.6 Å². The van der Waals surface area contributed by atoms with Crippen LogP contribution in [0, 0.1) is 5.92 Å². The molecule has 1 aromatic rings. The highest BCUT2D eigenvalue weighted by molar-refractivity contribution is 6.29. The molecule has 0 saturated heterocycles. The molecule has 0 radical (unpaired) electrons. The fraction of sp³-hybridized carbons (Fsp3) is 0.600. The van der Waals surface area contributed by atoms with Crippen LogP contribution in [0.4, 0.5) is 5.95 Å². The molecule has 0 bridgehead atoms. The van der Waals surface area contributed by atoms with E-state index in [1.54, 1.807) is 13.2 Å². The van der Waals surface area contributed by atoms with Crippen molar-refractivity contribution in [2.75, 3.05) is 19.0 Å². The molecule has 0 aromatic carbocycles. The number of hydrogen-bond acceptors (Lipinski definition) is 4. The quantitative estimate of drug-likeness (QED) is 0.783. The number of nitrogens with zero attached hydrogens (tertiary/aromatic N) is 2. The van der Waals surface area contributed by atoms with Crippen molar-refractivity contribution in [1.82, 2.24) is 9.97 Å². The summed E-state index contributed by atoms with van der Waals surface area (Å²) >= 11 is 5.87. The molecule has 0 unspecified atom stereocenters. The van der Waals surface area contributed by atoms with Gasteiger partial charge in [0.1, 0.15) is 5.15 Å². The predicted molar refractivity (Wildman–Crippen MR) is 59.0 cm³/mol. The Labute approximate surface area is 94.0 Å². The summed E-state index contributed by atoms with van der Waals surface area (Å²) in [5.74, 6) is 1.39. The Kier molecular flexibility index (Phi) is 3.38. The number of anilines is 1. The maximum atomic E-state index is 5.87. The van der Waals surface area contributed by atoms with E-state index in [4.69, 9.17) is 16.3 Å². The van der Waals surface area contributed by atoms with E-state index in [2.05, 4.69) is 15.3 Å². The number of rotatable bonds is 5. The van der Waals surface area contributed by atoms with Gasteiger partial charge in [-0.15, -0.1) is 0 Å². The minimum absolute atomic E-state index is 0.454.